The Hall–Kier alpha value is -1.73. The monoisotopic (exact) mass is 290 g/mol. The molecule has 1 rings (SSSR count). The van der Waals surface area contributed by atoms with Crippen molar-refractivity contribution in [3.63, 3.8) is 0 Å². The van der Waals surface area contributed by atoms with Crippen LogP contribution >= 0.6 is 0 Å². The molecule has 0 amide bonds. The molecule has 0 aliphatic rings. The molecule has 1 aromatic rings. The van der Waals surface area contributed by atoms with Gasteiger partial charge in [-0.15, -0.1) is 0 Å². The number of nitriles is 1. The quantitative estimate of drug-likeness (QED) is 0.632. The highest BCUT2D eigenvalue weighted by Gasteiger charge is 2.06. The highest BCUT2D eigenvalue weighted by atomic mass is 16.5. The smallest absolute Gasteiger partial charge is 0.127 e. The third-order valence-electron chi connectivity index (χ3n) is 2.94. The van der Waals surface area contributed by atoms with E-state index in [9.17, 15) is 0 Å². The Labute approximate surface area is 128 Å². The van der Waals surface area contributed by atoms with Gasteiger partial charge in [0, 0.05) is 24.6 Å². The molecule has 1 aromatic carbocycles. The van der Waals surface area contributed by atoms with Crippen molar-refractivity contribution in [2.45, 2.75) is 46.1 Å². The lowest BCUT2D eigenvalue weighted by Gasteiger charge is -2.14. The van der Waals surface area contributed by atoms with E-state index in [2.05, 4.69) is 25.2 Å². The zero-order valence-electron chi connectivity index (χ0n) is 13.2. The van der Waals surface area contributed by atoms with Gasteiger partial charge in [-0.3, -0.25) is 0 Å². The standard InChI is InChI=1S/C17H26N2O2/c1-3-10-19-14-15-7-8-16(20-11-4-2)13-17(15)21-12-6-5-9-18/h7-8,13,19H,3-6,10-12,14H2,1-2H3. The molecule has 0 saturated heterocycles. The van der Waals surface area contributed by atoms with Gasteiger partial charge in [0.25, 0.3) is 0 Å². The van der Waals surface area contributed by atoms with Crippen molar-refractivity contribution in [1.29, 1.82) is 5.26 Å². The van der Waals surface area contributed by atoms with Crippen LogP contribution in [0.4, 0.5) is 0 Å². The third kappa shape index (κ3) is 7.01. The second-order valence-corrected chi connectivity index (χ2v) is 4.90. The van der Waals surface area contributed by atoms with Crippen molar-refractivity contribution in [3.05, 3.63) is 23.8 Å². The van der Waals surface area contributed by atoms with Gasteiger partial charge in [-0.05, 0) is 31.9 Å². The Morgan fingerprint density at radius 2 is 2.00 bits per heavy atom. The average molecular weight is 290 g/mol. The summed E-state index contributed by atoms with van der Waals surface area (Å²) in [7, 11) is 0. The molecule has 4 heteroatoms. The largest absolute Gasteiger partial charge is 0.493 e. The van der Waals surface area contributed by atoms with Crippen LogP contribution in [0.5, 0.6) is 11.5 Å². The molecular weight excluding hydrogens is 264 g/mol. The molecule has 21 heavy (non-hydrogen) atoms. The Morgan fingerprint density at radius 3 is 2.71 bits per heavy atom. The normalized spacial score (nSPS) is 10.1. The predicted molar refractivity (Wildman–Crippen MR) is 84.6 cm³/mol. The van der Waals surface area contributed by atoms with E-state index < -0.39 is 0 Å². The SMILES string of the molecule is CCCNCc1ccc(OCCC)cc1OCCCC#N. The topological polar surface area (TPSA) is 54.3 Å². The van der Waals surface area contributed by atoms with Crippen molar-refractivity contribution >= 4 is 0 Å². The molecular formula is C17H26N2O2. The number of rotatable bonds is 11. The van der Waals surface area contributed by atoms with E-state index in [1.165, 1.54) is 0 Å². The zero-order chi connectivity index (χ0) is 15.3. The van der Waals surface area contributed by atoms with Crippen LogP contribution in [-0.2, 0) is 6.54 Å². The molecule has 0 heterocycles. The van der Waals surface area contributed by atoms with Gasteiger partial charge in [0.1, 0.15) is 11.5 Å². The van der Waals surface area contributed by atoms with E-state index in [4.69, 9.17) is 14.7 Å². The number of benzene rings is 1. The first-order valence-corrected chi connectivity index (χ1v) is 7.78. The number of nitrogens with zero attached hydrogens (tertiary/aromatic N) is 1. The van der Waals surface area contributed by atoms with Crippen LogP contribution in [0, 0.1) is 11.3 Å². The first kappa shape index (κ1) is 17.3. The van der Waals surface area contributed by atoms with E-state index in [1.807, 2.05) is 18.2 Å². The highest BCUT2D eigenvalue weighted by molar-refractivity contribution is 5.40. The van der Waals surface area contributed by atoms with Gasteiger partial charge >= 0.3 is 0 Å². The fourth-order valence-corrected chi connectivity index (χ4v) is 1.86. The maximum atomic E-state index is 8.57. The second kappa shape index (κ2) is 11.0. The van der Waals surface area contributed by atoms with Crippen molar-refractivity contribution in [2.75, 3.05) is 19.8 Å². The van der Waals surface area contributed by atoms with Crippen molar-refractivity contribution < 1.29 is 9.47 Å². The number of ether oxygens (including phenoxy) is 2. The predicted octanol–water partition coefficient (Wildman–Crippen LogP) is 3.66. The molecule has 0 aliphatic carbocycles. The number of unbranched alkanes of at least 4 members (excludes halogenated alkanes) is 1. The van der Waals surface area contributed by atoms with E-state index in [0.29, 0.717) is 19.6 Å². The average Bonchev–Trinajstić information content (AvgIpc) is 2.51. The van der Waals surface area contributed by atoms with E-state index >= 15 is 0 Å². The van der Waals surface area contributed by atoms with E-state index in [1.54, 1.807) is 0 Å². The number of hydrogen-bond donors (Lipinski definition) is 1. The summed E-state index contributed by atoms with van der Waals surface area (Å²) in [6, 6.07) is 8.12. The third-order valence-corrected chi connectivity index (χ3v) is 2.94. The van der Waals surface area contributed by atoms with Crippen molar-refractivity contribution in [3.8, 4) is 17.6 Å². The maximum Gasteiger partial charge on any atom is 0.127 e. The van der Waals surface area contributed by atoms with Gasteiger partial charge in [-0.1, -0.05) is 19.9 Å². The van der Waals surface area contributed by atoms with Crippen LogP contribution in [-0.4, -0.2) is 19.8 Å². The van der Waals surface area contributed by atoms with Gasteiger partial charge in [0.15, 0.2) is 0 Å². The Morgan fingerprint density at radius 1 is 1.14 bits per heavy atom. The van der Waals surface area contributed by atoms with Crippen molar-refractivity contribution in [1.82, 2.24) is 5.32 Å². The minimum atomic E-state index is 0.523. The van der Waals surface area contributed by atoms with E-state index in [0.717, 1.165) is 49.4 Å². The summed E-state index contributed by atoms with van der Waals surface area (Å²) in [5.41, 5.74) is 1.13. The summed E-state index contributed by atoms with van der Waals surface area (Å²) >= 11 is 0. The second-order valence-electron chi connectivity index (χ2n) is 4.90. The zero-order valence-corrected chi connectivity index (χ0v) is 13.2. The fraction of sp³-hybridized carbons (Fsp3) is 0.588. The van der Waals surface area contributed by atoms with Crippen LogP contribution in [0.25, 0.3) is 0 Å². The molecule has 0 atom stereocenters. The first-order chi connectivity index (χ1) is 10.3. The van der Waals surface area contributed by atoms with Gasteiger partial charge in [-0.25, -0.2) is 0 Å². The minimum Gasteiger partial charge on any atom is -0.493 e. The molecule has 0 saturated carbocycles. The number of nitrogens with one attached hydrogen (secondary N) is 1. The Balaban J connectivity index is 2.67. The lowest BCUT2D eigenvalue weighted by molar-refractivity contribution is 0.296. The molecule has 0 radical (unpaired) electrons. The molecule has 116 valence electrons. The first-order valence-electron chi connectivity index (χ1n) is 7.78. The molecule has 0 unspecified atom stereocenters. The van der Waals surface area contributed by atoms with Crippen LogP contribution < -0.4 is 14.8 Å². The number of hydrogen-bond acceptors (Lipinski definition) is 4. The van der Waals surface area contributed by atoms with Crippen molar-refractivity contribution in [2.24, 2.45) is 0 Å². The maximum absolute atomic E-state index is 8.57. The molecule has 0 aliphatic heterocycles. The van der Waals surface area contributed by atoms with Gasteiger partial charge < -0.3 is 14.8 Å². The summed E-state index contributed by atoms with van der Waals surface area (Å²) in [6.07, 6.45) is 3.36. The van der Waals surface area contributed by atoms with Crippen LogP contribution in [0.3, 0.4) is 0 Å². The van der Waals surface area contributed by atoms with E-state index in [-0.39, 0.29) is 0 Å². The van der Waals surface area contributed by atoms with Crippen LogP contribution in [0.2, 0.25) is 0 Å². The summed E-state index contributed by atoms with van der Waals surface area (Å²) < 4.78 is 11.5. The summed E-state index contributed by atoms with van der Waals surface area (Å²) in [6.45, 7) is 7.28. The molecule has 0 fully saturated rings. The van der Waals surface area contributed by atoms with Gasteiger partial charge in [0.05, 0.1) is 19.3 Å². The Kier molecular flexibility index (Phi) is 9.06. The summed E-state index contributed by atoms with van der Waals surface area (Å²) in [4.78, 5) is 0. The fourth-order valence-electron chi connectivity index (χ4n) is 1.86. The van der Waals surface area contributed by atoms with Gasteiger partial charge in [-0.2, -0.15) is 5.26 Å². The molecule has 4 nitrogen and oxygen atoms in total. The lowest BCUT2D eigenvalue weighted by Crippen LogP contribution is -2.15. The minimum absolute atomic E-state index is 0.523. The highest BCUT2D eigenvalue weighted by Crippen LogP contribution is 2.25. The summed E-state index contributed by atoms with van der Waals surface area (Å²) in [5, 5.41) is 11.9. The molecule has 1 N–H and O–H groups in total. The van der Waals surface area contributed by atoms with Crippen LogP contribution in [0.15, 0.2) is 18.2 Å². The molecule has 0 spiro atoms. The van der Waals surface area contributed by atoms with Crippen LogP contribution in [0.1, 0.15) is 45.1 Å². The molecule has 0 bridgehead atoms. The summed E-state index contributed by atoms with van der Waals surface area (Å²) in [5.74, 6) is 1.69. The van der Waals surface area contributed by atoms with Gasteiger partial charge in [0.2, 0.25) is 0 Å². The Bertz CT molecular complexity index is 441. The lowest BCUT2D eigenvalue weighted by atomic mass is 10.2. The molecule has 0 aromatic heterocycles.